The van der Waals surface area contributed by atoms with E-state index in [0.29, 0.717) is 15.1 Å². The molecule has 1 N–H and O–H groups in total. The number of amides is 1. The van der Waals surface area contributed by atoms with Crippen LogP contribution in [0.2, 0.25) is 0 Å². The maximum Gasteiger partial charge on any atom is 0.263 e. The number of nitrogens with zero attached hydrogens (tertiary/aromatic N) is 1. The number of hydrogen-bond donors (Lipinski definition) is 1. The van der Waals surface area contributed by atoms with Gasteiger partial charge in [0.05, 0.1) is 4.91 Å². The number of anilines is 1. The fourth-order valence-corrected chi connectivity index (χ4v) is 4.81. The molecular formula is C18H22N2OS2. The third kappa shape index (κ3) is 3.04. The van der Waals surface area contributed by atoms with Crippen LogP contribution in [0.3, 0.4) is 0 Å². The minimum Gasteiger partial charge on any atom is -0.366 e. The molecule has 0 aliphatic carbocycles. The molecule has 3 rings (SSSR count). The van der Waals surface area contributed by atoms with Crippen molar-refractivity contribution in [2.24, 2.45) is 0 Å². The molecule has 0 bridgehead atoms. The molecule has 122 valence electrons. The Morgan fingerprint density at radius 2 is 2.22 bits per heavy atom. The average molecular weight is 347 g/mol. The van der Waals surface area contributed by atoms with Gasteiger partial charge in [-0.2, -0.15) is 0 Å². The standard InChI is InChI=1S/C18H22N2OS2/c1-5-20-14-7-6-12(9-15-16(21)19-17(22)23-15)8-13(14)11(2)10-18(20,3)4/h6-9,11H,5,10H2,1-4H3,(H,19,21,22)/b15-9+. The summed E-state index contributed by atoms with van der Waals surface area (Å²) in [7, 11) is 0. The molecule has 5 heteroatoms. The van der Waals surface area contributed by atoms with Gasteiger partial charge in [-0.1, -0.05) is 37.0 Å². The van der Waals surface area contributed by atoms with Crippen LogP contribution in [0.4, 0.5) is 5.69 Å². The molecule has 1 saturated heterocycles. The average Bonchev–Trinajstić information content (AvgIpc) is 2.77. The highest BCUT2D eigenvalue weighted by atomic mass is 32.2. The van der Waals surface area contributed by atoms with Gasteiger partial charge in [0.2, 0.25) is 0 Å². The molecule has 3 nitrogen and oxygen atoms in total. The van der Waals surface area contributed by atoms with E-state index in [0.717, 1.165) is 18.5 Å². The maximum absolute atomic E-state index is 11.8. The lowest BCUT2D eigenvalue weighted by atomic mass is 9.79. The number of carbonyl (C=O) groups excluding carboxylic acids is 1. The van der Waals surface area contributed by atoms with E-state index in [9.17, 15) is 4.79 Å². The highest BCUT2D eigenvalue weighted by Gasteiger charge is 2.35. The van der Waals surface area contributed by atoms with Crippen molar-refractivity contribution in [3.8, 4) is 0 Å². The zero-order valence-electron chi connectivity index (χ0n) is 14.0. The first-order chi connectivity index (χ1) is 10.8. The van der Waals surface area contributed by atoms with E-state index in [1.807, 2.05) is 6.08 Å². The number of benzene rings is 1. The molecule has 1 amide bonds. The van der Waals surface area contributed by atoms with Crippen LogP contribution in [0, 0.1) is 0 Å². The Labute approximate surface area is 147 Å². The molecule has 0 spiro atoms. The minimum absolute atomic E-state index is 0.0953. The smallest absolute Gasteiger partial charge is 0.263 e. The van der Waals surface area contributed by atoms with Gasteiger partial charge in [-0.25, -0.2) is 0 Å². The summed E-state index contributed by atoms with van der Waals surface area (Å²) in [5, 5.41) is 2.66. The summed E-state index contributed by atoms with van der Waals surface area (Å²) in [6.45, 7) is 10.1. The first-order valence-electron chi connectivity index (χ1n) is 7.98. The molecule has 23 heavy (non-hydrogen) atoms. The van der Waals surface area contributed by atoms with Crippen molar-refractivity contribution in [3.05, 3.63) is 34.2 Å². The Morgan fingerprint density at radius 3 is 2.83 bits per heavy atom. The van der Waals surface area contributed by atoms with Crippen LogP contribution in [0.15, 0.2) is 23.1 Å². The Balaban J connectivity index is 2.00. The van der Waals surface area contributed by atoms with Gasteiger partial charge >= 0.3 is 0 Å². The van der Waals surface area contributed by atoms with Crippen molar-refractivity contribution in [2.45, 2.75) is 45.6 Å². The highest BCUT2D eigenvalue weighted by Crippen LogP contribution is 2.43. The molecule has 2 aliphatic heterocycles. The number of hydrogen-bond acceptors (Lipinski definition) is 4. The summed E-state index contributed by atoms with van der Waals surface area (Å²) in [5.74, 6) is 0.411. The van der Waals surface area contributed by atoms with Gasteiger partial charge < -0.3 is 10.2 Å². The molecule has 0 radical (unpaired) electrons. The van der Waals surface area contributed by atoms with Gasteiger partial charge in [-0.15, -0.1) is 0 Å². The van der Waals surface area contributed by atoms with Gasteiger partial charge in [0.15, 0.2) is 0 Å². The van der Waals surface area contributed by atoms with Crippen LogP contribution in [-0.4, -0.2) is 22.3 Å². The summed E-state index contributed by atoms with van der Waals surface area (Å²) in [6, 6.07) is 6.51. The normalized spacial score (nSPS) is 24.8. The van der Waals surface area contributed by atoms with Crippen LogP contribution in [-0.2, 0) is 4.79 Å². The second-order valence-electron chi connectivity index (χ2n) is 6.83. The Bertz CT molecular complexity index is 709. The molecule has 2 heterocycles. The fraction of sp³-hybridized carbons (Fsp3) is 0.444. The predicted octanol–water partition coefficient (Wildman–Crippen LogP) is 4.29. The quantitative estimate of drug-likeness (QED) is 0.640. The van der Waals surface area contributed by atoms with E-state index in [-0.39, 0.29) is 11.4 Å². The Hall–Kier alpha value is -1.33. The van der Waals surface area contributed by atoms with Crippen molar-refractivity contribution < 1.29 is 4.79 Å². The van der Waals surface area contributed by atoms with Crippen molar-refractivity contribution in [2.75, 3.05) is 11.4 Å². The fourth-order valence-electron chi connectivity index (χ4n) is 3.77. The molecule has 1 aromatic rings. The zero-order chi connectivity index (χ0) is 16.8. The largest absolute Gasteiger partial charge is 0.366 e. The molecule has 2 aliphatic rings. The molecular weight excluding hydrogens is 324 g/mol. The lowest BCUT2D eigenvalue weighted by Gasteiger charge is -2.47. The lowest BCUT2D eigenvalue weighted by Crippen LogP contribution is -2.48. The zero-order valence-corrected chi connectivity index (χ0v) is 15.6. The van der Waals surface area contributed by atoms with E-state index in [4.69, 9.17) is 12.2 Å². The molecule has 1 atom stereocenters. The second-order valence-corrected chi connectivity index (χ2v) is 8.55. The SMILES string of the molecule is CCN1c2ccc(/C=C3/SC(=S)NC3=O)cc2C(C)CC1(C)C. The summed E-state index contributed by atoms with van der Waals surface area (Å²) in [4.78, 5) is 15.0. The van der Waals surface area contributed by atoms with Crippen LogP contribution < -0.4 is 10.2 Å². The van der Waals surface area contributed by atoms with Crippen LogP contribution >= 0.6 is 24.0 Å². The number of thioether (sulfide) groups is 1. The van der Waals surface area contributed by atoms with E-state index < -0.39 is 0 Å². The number of fused-ring (bicyclic) bond motifs is 1. The first kappa shape index (κ1) is 16.5. The van der Waals surface area contributed by atoms with Gasteiger partial charge in [-0.3, -0.25) is 4.79 Å². The van der Waals surface area contributed by atoms with Crippen molar-refractivity contribution in [1.29, 1.82) is 0 Å². The van der Waals surface area contributed by atoms with E-state index in [1.54, 1.807) is 0 Å². The number of carbonyl (C=O) groups is 1. The summed E-state index contributed by atoms with van der Waals surface area (Å²) in [5.41, 5.74) is 3.92. The maximum atomic E-state index is 11.8. The van der Waals surface area contributed by atoms with Crippen LogP contribution in [0.5, 0.6) is 0 Å². The highest BCUT2D eigenvalue weighted by molar-refractivity contribution is 8.26. The minimum atomic E-state index is -0.0953. The van der Waals surface area contributed by atoms with Gasteiger partial charge in [0.1, 0.15) is 4.32 Å². The third-order valence-electron chi connectivity index (χ3n) is 4.67. The van der Waals surface area contributed by atoms with Gasteiger partial charge in [-0.05, 0) is 62.4 Å². The van der Waals surface area contributed by atoms with Crippen LogP contribution in [0.25, 0.3) is 6.08 Å². The van der Waals surface area contributed by atoms with Crippen LogP contribution in [0.1, 0.15) is 51.2 Å². The van der Waals surface area contributed by atoms with Gasteiger partial charge in [0, 0.05) is 17.8 Å². The topological polar surface area (TPSA) is 32.3 Å². The molecule has 0 aromatic heterocycles. The number of nitrogens with one attached hydrogen (secondary N) is 1. The summed E-state index contributed by atoms with van der Waals surface area (Å²) >= 11 is 6.38. The molecule has 1 aromatic carbocycles. The van der Waals surface area contributed by atoms with Crippen molar-refractivity contribution in [1.82, 2.24) is 5.32 Å². The third-order valence-corrected chi connectivity index (χ3v) is 5.83. The summed E-state index contributed by atoms with van der Waals surface area (Å²) < 4.78 is 0.534. The number of thiocarbonyl (C=S) groups is 1. The summed E-state index contributed by atoms with van der Waals surface area (Å²) in [6.07, 6.45) is 3.07. The Kier molecular flexibility index (Phi) is 4.27. The van der Waals surface area contributed by atoms with E-state index in [1.165, 1.54) is 23.0 Å². The van der Waals surface area contributed by atoms with E-state index >= 15 is 0 Å². The predicted molar refractivity (Wildman–Crippen MR) is 103 cm³/mol. The van der Waals surface area contributed by atoms with E-state index in [2.05, 4.69) is 56.1 Å². The first-order valence-corrected chi connectivity index (χ1v) is 9.21. The van der Waals surface area contributed by atoms with Crippen molar-refractivity contribution in [3.63, 3.8) is 0 Å². The number of rotatable bonds is 2. The molecule has 1 fully saturated rings. The molecule has 0 saturated carbocycles. The second kappa shape index (κ2) is 5.95. The monoisotopic (exact) mass is 346 g/mol. The van der Waals surface area contributed by atoms with Gasteiger partial charge in [0.25, 0.3) is 5.91 Å². The Morgan fingerprint density at radius 1 is 1.48 bits per heavy atom. The lowest BCUT2D eigenvalue weighted by molar-refractivity contribution is -0.115. The molecule has 1 unspecified atom stereocenters. The van der Waals surface area contributed by atoms with Crippen molar-refractivity contribution >= 4 is 46.0 Å².